The Bertz CT molecular complexity index is 287. The average molecular weight is 289 g/mol. The van der Waals surface area contributed by atoms with Crippen LogP contribution in [-0.4, -0.2) is 18.2 Å². The predicted molar refractivity (Wildman–Crippen MR) is 71.3 cm³/mol. The second-order valence-corrected chi connectivity index (χ2v) is 4.89. The third-order valence-corrected chi connectivity index (χ3v) is 4.03. The van der Waals surface area contributed by atoms with Gasteiger partial charge in [-0.1, -0.05) is 35.0 Å². The molecular formula is C12H17BrOS. The molecule has 0 heterocycles. The lowest BCUT2D eigenvalue weighted by Crippen LogP contribution is -2.12. The highest BCUT2D eigenvalue weighted by Gasteiger charge is 2.07. The molecule has 0 saturated carbocycles. The smallest absolute Gasteiger partial charge is 0.132 e. The van der Waals surface area contributed by atoms with E-state index >= 15 is 0 Å². The van der Waals surface area contributed by atoms with Crippen molar-refractivity contribution in [3.8, 4) is 5.75 Å². The van der Waals surface area contributed by atoms with Crippen LogP contribution in [0.1, 0.15) is 13.3 Å². The monoisotopic (exact) mass is 288 g/mol. The van der Waals surface area contributed by atoms with E-state index in [2.05, 4.69) is 35.2 Å². The van der Waals surface area contributed by atoms with E-state index in [1.807, 2.05) is 18.2 Å². The highest BCUT2D eigenvalue weighted by atomic mass is 79.9. The lowest BCUT2D eigenvalue weighted by molar-refractivity contribution is 0.255. The number of benzene rings is 1. The molecular weight excluding hydrogens is 272 g/mol. The zero-order valence-corrected chi connectivity index (χ0v) is 11.6. The molecule has 1 aromatic carbocycles. The van der Waals surface area contributed by atoms with Gasteiger partial charge in [0.2, 0.25) is 0 Å². The van der Waals surface area contributed by atoms with Crippen LogP contribution in [-0.2, 0) is 0 Å². The largest absolute Gasteiger partial charge is 0.492 e. The van der Waals surface area contributed by atoms with Crippen LogP contribution in [0.4, 0.5) is 0 Å². The molecule has 0 spiro atoms. The number of alkyl halides is 1. The van der Waals surface area contributed by atoms with E-state index in [1.54, 1.807) is 11.8 Å². The van der Waals surface area contributed by atoms with Crippen molar-refractivity contribution >= 4 is 27.7 Å². The van der Waals surface area contributed by atoms with Gasteiger partial charge in [-0.15, -0.1) is 11.8 Å². The van der Waals surface area contributed by atoms with Crippen molar-refractivity contribution in [2.45, 2.75) is 18.2 Å². The SMILES string of the molecule is CCC(CBr)COc1ccccc1SC. The van der Waals surface area contributed by atoms with Crippen molar-refractivity contribution in [3.63, 3.8) is 0 Å². The summed E-state index contributed by atoms with van der Waals surface area (Å²) in [5, 5.41) is 1.00. The Morgan fingerprint density at radius 3 is 2.73 bits per heavy atom. The summed E-state index contributed by atoms with van der Waals surface area (Å²) in [5.41, 5.74) is 0. The number of para-hydroxylation sites is 1. The lowest BCUT2D eigenvalue weighted by atomic mass is 10.1. The number of halogens is 1. The van der Waals surface area contributed by atoms with Gasteiger partial charge >= 0.3 is 0 Å². The summed E-state index contributed by atoms with van der Waals surface area (Å²) < 4.78 is 5.82. The molecule has 0 aliphatic heterocycles. The molecule has 1 nitrogen and oxygen atoms in total. The van der Waals surface area contributed by atoms with E-state index in [-0.39, 0.29) is 0 Å². The summed E-state index contributed by atoms with van der Waals surface area (Å²) >= 11 is 5.23. The first-order valence-electron chi connectivity index (χ1n) is 5.13. The maximum atomic E-state index is 5.82. The Hall–Kier alpha value is -0.150. The Labute approximate surface area is 105 Å². The number of hydrogen-bond donors (Lipinski definition) is 0. The normalized spacial score (nSPS) is 12.5. The van der Waals surface area contributed by atoms with Crippen LogP contribution in [0.3, 0.4) is 0 Å². The van der Waals surface area contributed by atoms with Crippen molar-refractivity contribution in [2.24, 2.45) is 5.92 Å². The van der Waals surface area contributed by atoms with Gasteiger partial charge in [-0.05, 0) is 24.8 Å². The van der Waals surface area contributed by atoms with Gasteiger partial charge in [0.25, 0.3) is 0 Å². The summed E-state index contributed by atoms with van der Waals surface area (Å²) in [5.74, 6) is 1.60. The molecule has 0 saturated heterocycles. The molecule has 0 bridgehead atoms. The fourth-order valence-electron chi connectivity index (χ4n) is 1.22. The zero-order valence-electron chi connectivity index (χ0n) is 9.20. The van der Waals surface area contributed by atoms with Crippen LogP contribution < -0.4 is 4.74 Å². The Balaban J connectivity index is 2.56. The number of thioether (sulfide) groups is 1. The quantitative estimate of drug-likeness (QED) is 0.573. The van der Waals surface area contributed by atoms with Crippen LogP contribution in [0.2, 0.25) is 0 Å². The maximum absolute atomic E-state index is 5.82. The minimum atomic E-state index is 0.597. The molecule has 0 radical (unpaired) electrons. The van der Waals surface area contributed by atoms with Crippen molar-refractivity contribution in [1.82, 2.24) is 0 Å². The molecule has 1 unspecified atom stereocenters. The number of rotatable bonds is 6. The van der Waals surface area contributed by atoms with Crippen LogP contribution in [0.15, 0.2) is 29.2 Å². The van der Waals surface area contributed by atoms with Crippen LogP contribution >= 0.6 is 27.7 Å². The minimum Gasteiger partial charge on any atom is -0.492 e. The molecule has 3 heteroatoms. The maximum Gasteiger partial charge on any atom is 0.132 e. The van der Waals surface area contributed by atoms with Crippen LogP contribution in [0.5, 0.6) is 5.75 Å². The summed E-state index contributed by atoms with van der Waals surface area (Å²) in [6.45, 7) is 2.98. The van der Waals surface area contributed by atoms with Crippen LogP contribution in [0, 0.1) is 5.92 Å². The van der Waals surface area contributed by atoms with Crippen molar-refractivity contribution in [3.05, 3.63) is 24.3 Å². The first-order valence-corrected chi connectivity index (χ1v) is 7.48. The number of ether oxygens (including phenoxy) is 1. The molecule has 0 fully saturated rings. The van der Waals surface area contributed by atoms with Crippen molar-refractivity contribution < 1.29 is 4.74 Å². The molecule has 1 rings (SSSR count). The van der Waals surface area contributed by atoms with Gasteiger partial charge < -0.3 is 4.74 Å². The Morgan fingerprint density at radius 2 is 2.13 bits per heavy atom. The summed E-state index contributed by atoms with van der Waals surface area (Å²) in [6.07, 6.45) is 3.22. The van der Waals surface area contributed by atoms with Crippen LogP contribution in [0.25, 0.3) is 0 Å². The van der Waals surface area contributed by atoms with Crippen molar-refractivity contribution in [1.29, 1.82) is 0 Å². The summed E-state index contributed by atoms with van der Waals surface area (Å²) in [7, 11) is 0. The molecule has 0 amide bonds. The third kappa shape index (κ3) is 4.07. The average Bonchev–Trinajstić information content (AvgIpc) is 2.31. The standard InChI is InChI=1S/C12H17BrOS/c1-3-10(8-13)9-14-11-6-4-5-7-12(11)15-2/h4-7,10H,3,8-9H2,1-2H3. The van der Waals surface area contributed by atoms with Gasteiger partial charge in [0.15, 0.2) is 0 Å². The molecule has 15 heavy (non-hydrogen) atoms. The fraction of sp³-hybridized carbons (Fsp3) is 0.500. The molecule has 1 aromatic rings. The minimum absolute atomic E-state index is 0.597. The molecule has 84 valence electrons. The van der Waals surface area contributed by atoms with Gasteiger partial charge in [-0.2, -0.15) is 0 Å². The summed E-state index contributed by atoms with van der Waals surface area (Å²) in [6, 6.07) is 8.19. The molecule has 0 aromatic heterocycles. The number of hydrogen-bond acceptors (Lipinski definition) is 2. The van der Waals surface area contributed by atoms with Gasteiger partial charge in [0, 0.05) is 16.1 Å². The van der Waals surface area contributed by atoms with E-state index < -0.39 is 0 Å². The second kappa shape index (κ2) is 7.18. The van der Waals surface area contributed by atoms with Gasteiger partial charge in [0.1, 0.15) is 5.75 Å². The highest BCUT2D eigenvalue weighted by Crippen LogP contribution is 2.27. The molecule has 0 N–H and O–H groups in total. The first kappa shape index (κ1) is 12.9. The Kier molecular flexibility index (Phi) is 6.18. The van der Waals surface area contributed by atoms with Gasteiger partial charge in [-0.25, -0.2) is 0 Å². The van der Waals surface area contributed by atoms with E-state index in [1.165, 1.54) is 4.90 Å². The molecule has 0 aliphatic rings. The van der Waals surface area contributed by atoms with Crippen molar-refractivity contribution in [2.75, 3.05) is 18.2 Å². The summed E-state index contributed by atoms with van der Waals surface area (Å²) in [4.78, 5) is 1.21. The van der Waals surface area contributed by atoms with E-state index in [9.17, 15) is 0 Å². The van der Waals surface area contributed by atoms with Gasteiger partial charge in [-0.3, -0.25) is 0 Å². The molecule has 1 atom stereocenters. The van der Waals surface area contributed by atoms with Gasteiger partial charge in [0.05, 0.1) is 6.61 Å². The molecule has 0 aliphatic carbocycles. The zero-order chi connectivity index (χ0) is 11.1. The fourth-order valence-corrected chi connectivity index (χ4v) is 2.40. The Morgan fingerprint density at radius 1 is 1.40 bits per heavy atom. The first-order chi connectivity index (χ1) is 7.31. The lowest BCUT2D eigenvalue weighted by Gasteiger charge is -2.14. The highest BCUT2D eigenvalue weighted by molar-refractivity contribution is 9.09. The topological polar surface area (TPSA) is 9.23 Å². The van der Waals surface area contributed by atoms with E-state index in [0.717, 1.165) is 24.1 Å². The second-order valence-electron chi connectivity index (χ2n) is 3.39. The predicted octanol–water partition coefficient (Wildman–Crippen LogP) is 4.21. The third-order valence-electron chi connectivity index (χ3n) is 2.34. The van der Waals surface area contributed by atoms with E-state index in [0.29, 0.717) is 5.92 Å². The van der Waals surface area contributed by atoms with E-state index in [4.69, 9.17) is 4.74 Å².